The van der Waals surface area contributed by atoms with Crippen molar-refractivity contribution in [1.29, 1.82) is 0 Å². The van der Waals surface area contributed by atoms with Crippen molar-refractivity contribution in [3.63, 3.8) is 0 Å². The number of hydrogen-bond donors (Lipinski definition) is 1. The van der Waals surface area contributed by atoms with Gasteiger partial charge in [-0.2, -0.15) is 0 Å². The number of nitrogens with two attached hydrogens (primary N) is 1. The zero-order valence-corrected chi connectivity index (χ0v) is 9.06. The molecule has 0 aliphatic rings. The summed E-state index contributed by atoms with van der Waals surface area (Å²) in [6.45, 7) is 4.29. The minimum absolute atomic E-state index is 0.0841. The molecule has 1 heterocycles. The zero-order chi connectivity index (χ0) is 10.9. The van der Waals surface area contributed by atoms with Crippen LogP contribution in [0.2, 0.25) is 0 Å². The maximum atomic E-state index is 5.63. The van der Waals surface area contributed by atoms with Gasteiger partial charge in [-0.05, 0) is 13.0 Å². The molecular formula is C11H18N2O2. The molecule has 0 aliphatic carbocycles. The van der Waals surface area contributed by atoms with Crippen LogP contribution in [-0.4, -0.2) is 31.3 Å². The van der Waals surface area contributed by atoms with Gasteiger partial charge >= 0.3 is 0 Å². The quantitative estimate of drug-likeness (QED) is 0.685. The lowest BCUT2D eigenvalue weighted by molar-refractivity contribution is 0.0103. The van der Waals surface area contributed by atoms with Crippen LogP contribution < -0.4 is 5.73 Å². The van der Waals surface area contributed by atoms with Gasteiger partial charge in [0.25, 0.3) is 0 Å². The third kappa shape index (κ3) is 4.38. The van der Waals surface area contributed by atoms with Crippen molar-refractivity contribution in [2.24, 2.45) is 5.73 Å². The van der Waals surface area contributed by atoms with Crippen LogP contribution in [0.4, 0.5) is 0 Å². The predicted molar refractivity (Wildman–Crippen MR) is 58.5 cm³/mol. The Labute approximate surface area is 90.4 Å². The lowest BCUT2D eigenvalue weighted by Crippen LogP contribution is -2.18. The van der Waals surface area contributed by atoms with Crippen molar-refractivity contribution in [1.82, 2.24) is 4.98 Å². The Bertz CT molecular complexity index is 254. The molecule has 0 amide bonds. The van der Waals surface area contributed by atoms with Crippen LogP contribution in [0.15, 0.2) is 24.5 Å². The summed E-state index contributed by atoms with van der Waals surface area (Å²) >= 11 is 0. The average molecular weight is 210 g/mol. The Balaban J connectivity index is 2.36. The van der Waals surface area contributed by atoms with Gasteiger partial charge in [-0.3, -0.25) is 4.98 Å². The highest BCUT2D eigenvalue weighted by atomic mass is 16.5. The fourth-order valence-electron chi connectivity index (χ4n) is 1.26. The molecule has 0 aliphatic heterocycles. The van der Waals surface area contributed by atoms with Crippen LogP contribution in [0.3, 0.4) is 0 Å². The molecule has 1 aromatic rings. The average Bonchev–Trinajstić information content (AvgIpc) is 2.30. The monoisotopic (exact) mass is 210 g/mol. The highest BCUT2D eigenvalue weighted by Gasteiger charge is 2.09. The molecule has 2 N–H and O–H groups in total. The van der Waals surface area contributed by atoms with E-state index in [0.29, 0.717) is 26.4 Å². The second-order valence-corrected chi connectivity index (χ2v) is 3.08. The molecule has 4 heteroatoms. The van der Waals surface area contributed by atoms with Crippen molar-refractivity contribution in [3.05, 3.63) is 30.1 Å². The normalized spacial score (nSPS) is 12.7. The summed E-state index contributed by atoms with van der Waals surface area (Å²) in [7, 11) is 0. The van der Waals surface area contributed by atoms with Crippen molar-refractivity contribution >= 4 is 0 Å². The second kappa shape index (κ2) is 7.34. The summed E-state index contributed by atoms with van der Waals surface area (Å²) in [5.41, 5.74) is 6.64. The molecule has 0 aromatic carbocycles. The van der Waals surface area contributed by atoms with Crippen LogP contribution in [0.1, 0.15) is 18.6 Å². The third-order valence-electron chi connectivity index (χ3n) is 2.02. The number of ether oxygens (including phenoxy) is 2. The number of rotatable bonds is 7. The minimum atomic E-state index is -0.0841. The highest BCUT2D eigenvalue weighted by molar-refractivity contribution is 5.12. The van der Waals surface area contributed by atoms with E-state index in [4.69, 9.17) is 15.2 Å². The molecule has 0 radical (unpaired) electrons. The van der Waals surface area contributed by atoms with Gasteiger partial charge in [0.05, 0.1) is 19.3 Å². The number of pyridine rings is 1. The van der Waals surface area contributed by atoms with Gasteiger partial charge in [0, 0.05) is 31.1 Å². The van der Waals surface area contributed by atoms with Crippen LogP contribution in [0.5, 0.6) is 0 Å². The molecule has 1 atom stereocenters. The lowest BCUT2D eigenvalue weighted by atomic mass is 10.2. The van der Waals surface area contributed by atoms with E-state index < -0.39 is 0 Å². The van der Waals surface area contributed by atoms with Gasteiger partial charge in [0.2, 0.25) is 0 Å². The van der Waals surface area contributed by atoms with E-state index in [1.165, 1.54) is 0 Å². The first-order valence-corrected chi connectivity index (χ1v) is 5.17. The molecule has 4 nitrogen and oxygen atoms in total. The fraction of sp³-hybridized carbons (Fsp3) is 0.545. The lowest BCUT2D eigenvalue weighted by Gasteiger charge is -2.15. The molecular weight excluding hydrogens is 192 g/mol. The molecule has 0 fully saturated rings. The Hall–Kier alpha value is -0.970. The first kappa shape index (κ1) is 12.1. The molecule has 1 rings (SSSR count). The molecule has 1 aromatic heterocycles. The van der Waals surface area contributed by atoms with E-state index in [0.717, 1.165) is 5.56 Å². The van der Waals surface area contributed by atoms with E-state index in [2.05, 4.69) is 4.98 Å². The molecule has 0 saturated carbocycles. The number of hydrogen-bond acceptors (Lipinski definition) is 4. The largest absolute Gasteiger partial charge is 0.379 e. The predicted octanol–water partition coefficient (Wildman–Crippen LogP) is 1.13. The topological polar surface area (TPSA) is 57.4 Å². The van der Waals surface area contributed by atoms with Crippen LogP contribution >= 0.6 is 0 Å². The second-order valence-electron chi connectivity index (χ2n) is 3.08. The molecule has 15 heavy (non-hydrogen) atoms. The van der Waals surface area contributed by atoms with Crippen molar-refractivity contribution < 1.29 is 9.47 Å². The summed E-state index contributed by atoms with van der Waals surface area (Å²) in [4.78, 5) is 4.03. The van der Waals surface area contributed by atoms with E-state index in [1.807, 2.05) is 19.1 Å². The van der Waals surface area contributed by atoms with E-state index >= 15 is 0 Å². The molecule has 84 valence electrons. The number of nitrogens with zero attached hydrogens (tertiary/aromatic N) is 1. The summed E-state index contributed by atoms with van der Waals surface area (Å²) in [5, 5.41) is 0. The van der Waals surface area contributed by atoms with Gasteiger partial charge in [-0.25, -0.2) is 0 Å². The van der Waals surface area contributed by atoms with Gasteiger partial charge in [0.15, 0.2) is 0 Å². The molecule has 0 spiro atoms. The maximum Gasteiger partial charge on any atom is 0.0963 e. The maximum absolute atomic E-state index is 5.63. The summed E-state index contributed by atoms with van der Waals surface area (Å²) < 4.78 is 10.8. The first-order chi connectivity index (χ1) is 7.38. The van der Waals surface area contributed by atoms with Gasteiger partial charge in [-0.1, -0.05) is 6.07 Å². The fourth-order valence-corrected chi connectivity index (χ4v) is 1.26. The first-order valence-electron chi connectivity index (χ1n) is 5.17. The Morgan fingerprint density at radius 2 is 2.33 bits per heavy atom. The summed E-state index contributed by atoms with van der Waals surface area (Å²) in [6, 6.07) is 3.84. The molecule has 1 unspecified atom stereocenters. The SMILES string of the molecule is CCOCCOC(CN)c1cccnc1. The van der Waals surface area contributed by atoms with E-state index in [-0.39, 0.29) is 6.10 Å². The van der Waals surface area contributed by atoms with Crippen molar-refractivity contribution in [2.75, 3.05) is 26.4 Å². The Kier molecular flexibility index (Phi) is 5.92. The molecule has 0 saturated heterocycles. The van der Waals surface area contributed by atoms with Crippen LogP contribution in [0.25, 0.3) is 0 Å². The van der Waals surface area contributed by atoms with Crippen LogP contribution in [-0.2, 0) is 9.47 Å². The number of aromatic nitrogens is 1. The van der Waals surface area contributed by atoms with Gasteiger partial charge in [-0.15, -0.1) is 0 Å². The van der Waals surface area contributed by atoms with Gasteiger partial charge < -0.3 is 15.2 Å². The highest BCUT2D eigenvalue weighted by Crippen LogP contribution is 2.13. The van der Waals surface area contributed by atoms with Crippen molar-refractivity contribution in [2.45, 2.75) is 13.0 Å². The van der Waals surface area contributed by atoms with Crippen LogP contribution in [0, 0.1) is 0 Å². The molecule has 0 bridgehead atoms. The standard InChI is InChI=1S/C11H18N2O2/c1-2-14-6-7-15-11(8-12)10-4-3-5-13-9-10/h3-5,9,11H,2,6-8,12H2,1H3. The summed E-state index contributed by atoms with van der Waals surface area (Å²) in [5.74, 6) is 0. The van der Waals surface area contributed by atoms with E-state index in [1.54, 1.807) is 12.4 Å². The third-order valence-corrected chi connectivity index (χ3v) is 2.02. The van der Waals surface area contributed by atoms with E-state index in [9.17, 15) is 0 Å². The Morgan fingerprint density at radius 1 is 1.47 bits per heavy atom. The van der Waals surface area contributed by atoms with Gasteiger partial charge in [0.1, 0.15) is 0 Å². The smallest absolute Gasteiger partial charge is 0.0963 e. The summed E-state index contributed by atoms with van der Waals surface area (Å²) in [6.07, 6.45) is 3.43. The zero-order valence-electron chi connectivity index (χ0n) is 9.06. The Morgan fingerprint density at radius 3 is 2.93 bits per heavy atom. The van der Waals surface area contributed by atoms with Crippen molar-refractivity contribution in [3.8, 4) is 0 Å². The minimum Gasteiger partial charge on any atom is -0.379 e.